The van der Waals surface area contributed by atoms with Crippen LogP contribution in [0.5, 0.6) is 0 Å². The molecule has 1 N–H and O–H groups in total. The van der Waals surface area contributed by atoms with Gasteiger partial charge in [-0.3, -0.25) is 9.48 Å². The van der Waals surface area contributed by atoms with Crippen molar-refractivity contribution in [2.24, 2.45) is 0 Å². The molecule has 126 valence electrons. The second-order valence-corrected chi connectivity index (χ2v) is 6.63. The van der Waals surface area contributed by atoms with Gasteiger partial charge < -0.3 is 10.1 Å². The molecule has 1 saturated carbocycles. The van der Waals surface area contributed by atoms with Gasteiger partial charge in [-0.05, 0) is 43.4 Å². The van der Waals surface area contributed by atoms with Gasteiger partial charge in [-0.15, -0.1) is 0 Å². The molecule has 0 unspecified atom stereocenters. The third-order valence-corrected chi connectivity index (χ3v) is 4.89. The first-order valence-corrected chi connectivity index (χ1v) is 8.37. The molecule has 1 saturated heterocycles. The van der Waals surface area contributed by atoms with E-state index in [0.717, 1.165) is 37.9 Å². The molecule has 0 radical (unpaired) electrons. The molecule has 1 aromatic carbocycles. The van der Waals surface area contributed by atoms with Crippen LogP contribution in [0.25, 0.3) is 0 Å². The van der Waals surface area contributed by atoms with Crippen LogP contribution in [0.3, 0.4) is 0 Å². The van der Waals surface area contributed by atoms with Crippen molar-refractivity contribution in [3.05, 3.63) is 48.0 Å². The Morgan fingerprint density at radius 2 is 2.17 bits per heavy atom. The molecule has 1 amide bonds. The van der Waals surface area contributed by atoms with Gasteiger partial charge in [0.05, 0.1) is 29.9 Å². The summed E-state index contributed by atoms with van der Waals surface area (Å²) < 4.78 is 20.5. The third kappa shape index (κ3) is 2.94. The van der Waals surface area contributed by atoms with E-state index in [2.05, 4.69) is 10.4 Å². The molecule has 2 fully saturated rings. The maximum atomic E-state index is 13.1. The van der Waals surface area contributed by atoms with Crippen molar-refractivity contribution >= 4 is 11.6 Å². The average Bonchev–Trinajstić information content (AvgIpc) is 3.01. The molecule has 1 aliphatic carbocycles. The number of carbonyl (C=O) groups is 1. The van der Waals surface area contributed by atoms with E-state index in [4.69, 9.17) is 4.74 Å². The zero-order valence-corrected chi connectivity index (χ0v) is 13.4. The standard InChI is InChI=1S/C18H20FN3O2/c19-14-5-3-13(4-6-14)18(7-8-18)17(23)21-15-10-20-22(11-15)12-16-2-1-9-24-16/h3-6,10-11,16H,1-2,7-9,12H2,(H,21,23)/t16-/m1/s1. The molecule has 0 bridgehead atoms. The molecule has 4 rings (SSSR count). The van der Waals surface area contributed by atoms with E-state index in [1.807, 2.05) is 10.9 Å². The van der Waals surface area contributed by atoms with Gasteiger partial charge in [0.1, 0.15) is 5.82 Å². The van der Waals surface area contributed by atoms with Crippen molar-refractivity contribution < 1.29 is 13.9 Å². The summed E-state index contributed by atoms with van der Waals surface area (Å²) in [6, 6.07) is 6.20. The minimum absolute atomic E-state index is 0.0502. The number of aromatic nitrogens is 2. The van der Waals surface area contributed by atoms with E-state index in [1.165, 1.54) is 12.1 Å². The number of rotatable bonds is 5. The lowest BCUT2D eigenvalue weighted by molar-refractivity contribution is -0.118. The number of hydrogen-bond acceptors (Lipinski definition) is 3. The second kappa shape index (κ2) is 6.02. The van der Waals surface area contributed by atoms with E-state index in [-0.39, 0.29) is 17.8 Å². The van der Waals surface area contributed by atoms with Crippen LogP contribution in [0.1, 0.15) is 31.2 Å². The molecule has 1 aliphatic heterocycles. The predicted molar refractivity (Wildman–Crippen MR) is 87.1 cm³/mol. The minimum Gasteiger partial charge on any atom is -0.376 e. The Morgan fingerprint density at radius 1 is 1.38 bits per heavy atom. The fourth-order valence-electron chi connectivity index (χ4n) is 3.32. The fourth-order valence-corrected chi connectivity index (χ4v) is 3.32. The van der Waals surface area contributed by atoms with Crippen LogP contribution in [0.2, 0.25) is 0 Å². The van der Waals surface area contributed by atoms with Gasteiger partial charge in [-0.1, -0.05) is 12.1 Å². The van der Waals surface area contributed by atoms with E-state index < -0.39 is 5.41 Å². The van der Waals surface area contributed by atoms with Crippen molar-refractivity contribution in [3.63, 3.8) is 0 Å². The highest BCUT2D eigenvalue weighted by Gasteiger charge is 2.51. The number of carbonyl (C=O) groups excluding carboxylic acids is 1. The fraction of sp³-hybridized carbons (Fsp3) is 0.444. The first-order chi connectivity index (χ1) is 11.7. The molecule has 1 atom stereocenters. The largest absolute Gasteiger partial charge is 0.376 e. The van der Waals surface area contributed by atoms with Gasteiger partial charge in [-0.25, -0.2) is 4.39 Å². The quantitative estimate of drug-likeness (QED) is 0.918. The Labute approximate surface area is 139 Å². The van der Waals surface area contributed by atoms with Gasteiger partial charge in [0.15, 0.2) is 0 Å². The molecule has 2 aliphatic rings. The van der Waals surface area contributed by atoms with Crippen LogP contribution in [-0.2, 0) is 21.5 Å². The van der Waals surface area contributed by atoms with Crippen molar-refractivity contribution in [2.45, 2.75) is 43.7 Å². The highest BCUT2D eigenvalue weighted by atomic mass is 19.1. The summed E-state index contributed by atoms with van der Waals surface area (Å²) in [5.41, 5.74) is 1.03. The number of nitrogens with zero attached hydrogens (tertiary/aromatic N) is 2. The lowest BCUT2D eigenvalue weighted by Crippen LogP contribution is -2.27. The van der Waals surface area contributed by atoms with Crippen LogP contribution in [0, 0.1) is 5.82 Å². The highest BCUT2D eigenvalue weighted by Crippen LogP contribution is 2.49. The number of hydrogen-bond donors (Lipinski definition) is 1. The lowest BCUT2D eigenvalue weighted by atomic mass is 9.95. The number of amides is 1. The SMILES string of the molecule is O=C(Nc1cnn(C[C@H]2CCCO2)c1)C1(c2ccc(F)cc2)CC1. The van der Waals surface area contributed by atoms with Crippen molar-refractivity contribution in [2.75, 3.05) is 11.9 Å². The smallest absolute Gasteiger partial charge is 0.235 e. The Morgan fingerprint density at radius 3 is 2.83 bits per heavy atom. The zero-order chi connectivity index (χ0) is 16.6. The Balaban J connectivity index is 1.42. The molecule has 0 spiro atoms. The van der Waals surface area contributed by atoms with Gasteiger partial charge in [0, 0.05) is 12.8 Å². The van der Waals surface area contributed by atoms with E-state index in [9.17, 15) is 9.18 Å². The molecule has 24 heavy (non-hydrogen) atoms. The number of nitrogens with one attached hydrogen (secondary N) is 1. The van der Waals surface area contributed by atoms with Crippen molar-refractivity contribution in [3.8, 4) is 0 Å². The third-order valence-electron chi connectivity index (χ3n) is 4.89. The Kier molecular flexibility index (Phi) is 3.84. The Bertz CT molecular complexity index is 731. The van der Waals surface area contributed by atoms with Crippen LogP contribution in [0.15, 0.2) is 36.7 Å². The molecular formula is C18H20FN3O2. The normalized spacial score (nSPS) is 21.6. The van der Waals surface area contributed by atoms with E-state index in [0.29, 0.717) is 12.2 Å². The summed E-state index contributed by atoms with van der Waals surface area (Å²) in [6.45, 7) is 1.52. The minimum atomic E-state index is -0.523. The zero-order valence-electron chi connectivity index (χ0n) is 13.4. The van der Waals surface area contributed by atoms with Gasteiger partial charge >= 0.3 is 0 Å². The van der Waals surface area contributed by atoms with Crippen LogP contribution >= 0.6 is 0 Å². The van der Waals surface area contributed by atoms with E-state index in [1.54, 1.807) is 18.3 Å². The molecule has 5 nitrogen and oxygen atoms in total. The first kappa shape index (κ1) is 15.3. The number of benzene rings is 1. The molecule has 1 aromatic heterocycles. The molecular weight excluding hydrogens is 309 g/mol. The summed E-state index contributed by atoms with van der Waals surface area (Å²) in [6.07, 6.45) is 7.42. The summed E-state index contributed by atoms with van der Waals surface area (Å²) in [4.78, 5) is 12.7. The van der Waals surface area contributed by atoms with Gasteiger partial charge in [0.25, 0.3) is 0 Å². The number of halogens is 1. The first-order valence-electron chi connectivity index (χ1n) is 8.37. The summed E-state index contributed by atoms with van der Waals surface area (Å²) in [5, 5.41) is 7.24. The van der Waals surface area contributed by atoms with Crippen LogP contribution in [-0.4, -0.2) is 28.4 Å². The van der Waals surface area contributed by atoms with Gasteiger partial charge in [-0.2, -0.15) is 5.10 Å². The summed E-state index contributed by atoms with van der Waals surface area (Å²) in [5.74, 6) is -0.337. The number of anilines is 1. The monoisotopic (exact) mass is 329 g/mol. The van der Waals surface area contributed by atoms with Gasteiger partial charge in [0.2, 0.25) is 5.91 Å². The maximum absolute atomic E-state index is 13.1. The topological polar surface area (TPSA) is 56.2 Å². The average molecular weight is 329 g/mol. The highest BCUT2D eigenvalue weighted by molar-refractivity contribution is 6.01. The van der Waals surface area contributed by atoms with Crippen LogP contribution in [0.4, 0.5) is 10.1 Å². The second-order valence-electron chi connectivity index (χ2n) is 6.63. The molecule has 2 heterocycles. The molecule has 6 heteroatoms. The maximum Gasteiger partial charge on any atom is 0.235 e. The summed E-state index contributed by atoms with van der Waals surface area (Å²) >= 11 is 0. The van der Waals surface area contributed by atoms with Crippen molar-refractivity contribution in [1.29, 1.82) is 0 Å². The molecule has 2 aromatic rings. The number of ether oxygens (including phenoxy) is 1. The predicted octanol–water partition coefficient (Wildman–Crippen LogP) is 2.87. The van der Waals surface area contributed by atoms with Crippen molar-refractivity contribution in [1.82, 2.24) is 9.78 Å². The summed E-state index contributed by atoms with van der Waals surface area (Å²) in [7, 11) is 0. The van der Waals surface area contributed by atoms with Crippen LogP contribution < -0.4 is 5.32 Å². The Hall–Kier alpha value is -2.21. The lowest BCUT2D eigenvalue weighted by Gasteiger charge is -2.15. The van der Waals surface area contributed by atoms with E-state index >= 15 is 0 Å².